The number of anilines is 2. The third-order valence-corrected chi connectivity index (χ3v) is 6.03. The van der Waals surface area contributed by atoms with Gasteiger partial charge in [-0.1, -0.05) is 19.4 Å². The average molecular weight is 436 g/mol. The van der Waals surface area contributed by atoms with E-state index >= 15 is 0 Å². The highest BCUT2D eigenvalue weighted by Gasteiger charge is 2.16. The number of unbranched alkanes of at least 4 members (excludes halogenated alkanes) is 1. The van der Waals surface area contributed by atoms with Gasteiger partial charge in [-0.05, 0) is 55.8 Å². The molecular formula is C20H25N3O4S2. The van der Waals surface area contributed by atoms with Crippen LogP contribution in [0, 0.1) is 0 Å². The number of thioether (sulfide) groups is 1. The van der Waals surface area contributed by atoms with E-state index in [1.54, 1.807) is 6.92 Å². The van der Waals surface area contributed by atoms with Crippen molar-refractivity contribution < 1.29 is 18.0 Å². The molecule has 0 aliphatic rings. The monoisotopic (exact) mass is 435 g/mol. The average Bonchev–Trinajstić information content (AvgIpc) is 2.66. The highest BCUT2D eigenvalue weighted by molar-refractivity contribution is 8.00. The standard InChI is InChI=1S/C20H25N3O4S2/c1-3-4-8-19(24)22-16-6-5-7-17(13-16)28-14(2)20(25)23-15-9-11-18(12-10-15)29(21,26)27/h5-7,9-14H,3-4,8H2,1-2H3,(H,22,24)(H,23,25)(H2,21,26,27). The zero-order valence-corrected chi connectivity index (χ0v) is 18.0. The zero-order chi connectivity index (χ0) is 21.4. The maximum atomic E-state index is 12.4. The first-order valence-corrected chi connectivity index (χ1v) is 11.6. The lowest BCUT2D eigenvalue weighted by atomic mass is 10.2. The van der Waals surface area contributed by atoms with Crippen LogP contribution in [0.3, 0.4) is 0 Å². The van der Waals surface area contributed by atoms with E-state index in [2.05, 4.69) is 10.6 Å². The van der Waals surface area contributed by atoms with Crippen LogP contribution in [0.4, 0.5) is 11.4 Å². The molecule has 1 unspecified atom stereocenters. The third kappa shape index (κ3) is 7.52. The molecule has 0 bridgehead atoms. The Bertz CT molecular complexity index is 960. The van der Waals surface area contributed by atoms with Crippen LogP contribution in [0.5, 0.6) is 0 Å². The first-order valence-electron chi connectivity index (χ1n) is 9.19. The third-order valence-electron chi connectivity index (χ3n) is 4.01. The summed E-state index contributed by atoms with van der Waals surface area (Å²) in [6, 6.07) is 13.0. The van der Waals surface area contributed by atoms with Gasteiger partial charge in [0.15, 0.2) is 0 Å². The predicted octanol–water partition coefficient (Wildman–Crippen LogP) is 3.58. The van der Waals surface area contributed by atoms with Gasteiger partial charge in [0.1, 0.15) is 0 Å². The minimum atomic E-state index is -3.77. The summed E-state index contributed by atoms with van der Waals surface area (Å²) in [5.74, 6) is -0.251. The van der Waals surface area contributed by atoms with Crippen molar-refractivity contribution >= 4 is 45.0 Å². The Morgan fingerprint density at radius 2 is 1.76 bits per heavy atom. The molecule has 29 heavy (non-hydrogen) atoms. The topological polar surface area (TPSA) is 118 Å². The SMILES string of the molecule is CCCCC(=O)Nc1cccc(SC(C)C(=O)Nc2ccc(S(N)(=O)=O)cc2)c1. The molecular weight excluding hydrogens is 410 g/mol. The molecule has 1 atom stereocenters. The molecule has 0 heterocycles. The van der Waals surface area contributed by atoms with Crippen LogP contribution in [0.15, 0.2) is 58.3 Å². The second kappa shape index (κ2) is 10.4. The number of nitrogens with one attached hydrogen (secondary N) is 2. The number of nitrogens with two attached hydrogens (primary N) is 1. The molecule has 4 N–H and O–H groups in total. The van der Waals surface area contributed by atoms with E-state index in [0.29, 0.717) is 17.8 Å². The van der Waals surface area contributed by atoms with Gasteiger partial charge in [0.25, 0.3) is 0 Å². The summed E-state index contributed by atoms with van der Waals surface area (Å²) in [5, 5.41) is 10.3. The number of carbonyl (C=O) groups is 2. The fourth-order valence-electron chi connectivity index (χ4n) is 2.44. The molecule has 0 radical (unpaired) electrons. The molecule has 2 rings (SSSR count). The highest BCUT2D eigenvalue weighted by atomic mass is 32.2. The first-order chi connectivity index (χ1) is 13.7. The second-order valence-electron chi connectivity index (χ2n) is 6.50. The van der Waals surface area contributed by atoms with Gasteiger partial charge in [-0.25, -0.2) is 13.6 Å². The van der Waals surface area contributed by atoms with Crippen molar-refractivity contribution in [3.8, 4) is 0 Å². The summed E-state index contributed by atoms with van der Waals surface area (Å²) in [7, 11) is -3.77. The quantitative estimate of drug-likeness (QED) is 0.520. The lowest BCUT2D eigenvalue weighted by Crippen LogP contribution is -2.22. The smallest absolute Gasteiger partial charge is 0.238 e. The number of carbonyl (C=O) groups excluding carboxylic acids is 2. The number of primary sulfonamides is 1. The Labute approximate surface area is 175 Å². The van der Waals surface area contributed by atoms with Crippen molar-refractivity contribution in [2.45, 2.75) is 48.2 Å². The van der Waals surface area contributed by atoms with Gasteiger partial charge < -0.3 is 10.6 Å². The summed E-state index contributed by atoms with van der Waals surface area (Å²) < 4.78 is 22.6. The molecule has 2 aromatic rings. The van der Waals surface area contributed by atoms with Gasteiger partial charge in [-0.15, -0.1) is 11.8 Å². The fourth-order valence-corrected chi connectivity index (χ4v) is 3.88. The van der Waals surface area contributed by atoms with Gasteiger partial charge in [0, 0.05) is 22.7 Å². The molecule has 0 aliphatic heterocycles. The van der Waals surface area contributed by atoms with Crippen LogP contribution in [0.1, 0.15) is 33.1 Å². The Balaban J connectivity index is 1.95. The van der Waals surface area contributed by atoms with Gasteiger partial charge in [0.05, 0.1) is 10.1 Å². The summed E-state index contributed by atoms with van der Waals surface area (Å²) in [6.45, 7) is 3.80. The minimum Gasteiger partial charge on any atom is -0.326 e. The molecule has 0 spiro atoms. The van der Waals surface area contributed by atoms with Crippen molar-refractivity contribution in [2.24, 2.45) is 5.14 Å². The van der Waals surface area contributed by atoms with Crippen molar-refractivity contribution in [1.29, 1.82) is 0 Å². The van der Waals surface area contributed by atoms with E-state index in [1.807, 2.05) is 31.2 Å². The molecule has 0 aliphatic carbocycles. The van der Waals surface area contributed by atoms with E-state index in [9.17, 15) is 18.0 Å². The number of sulfonamides is 1. The van der Waals surface area contributed by atoms with Crippen LogP contribution in [0.25, 0.3) is 0 Å². The van der Waals surface area contributed by atoms with Crippen molar-refractivity contribution in [3.05, 3.63) is 48.5 Å². The van der Waals surface area contributed by atoms with E-state index in [-0.39, 0.29) is 16.7 Å². The second-order valence-corrected chi connectivity index (χ2v) is 9.47. The normalized spacial score (nSPS) is 12.2. The van der Waals surface area contributed by atoms with Crippen molar-refractivity contribution in [2.75, 3.05) is 10.6 Å². The molecule has 0 saturated heterocycles. The minimum absolute atomic E-state index is 0.0179. The first kappa shape index (κ1) is 22.9. The van der Waals surface area contributed by atoms with Gasteiger partial charge >= 0.3 is 0 Å². The number of hydrogen-bond acceptors (Lipinski definition) is 5. The molecule has 2 aromatic carbocycles. The van der Waals surface area contributed by atoms with E-state index in [0.717, 1.165) is 17.7 Å². The number of benzene rings is 2. The van der Waals surface area contributed by atoms with Crippen LogP contribution in [-0.4, -0.2) is 25.5 Å². The van der Waals surface area contributed by atoms with Crippen molar-refractivity contribution in [3.63, 3.8) is 0 Å². The van der Waals surface area contributed by atoms with Crippen LogP contribution >= 0.6 is 11.8 Å². The van der Waals surface area contributed by atoms with Crippen molar-refractivity contribution in [1.82, 2.24) is 0 Å². The number of hydrogen-bond donors (Lipinski definition) is 3. The summed E-state index contributed by atoms with van der Waals surface area (Å²) >= 11 is 1.36. The largest absolute Gasteiger partial charge is 0.326 e. The number of amides is 2. The summed E-state index contributed by atoms with van der Waals surface area (Å²) in [5.41, 5.74) is 1.18. The maximum absolute atomic E-state index is 12.4. The Hall–Kier alpha value is -2.36. The Morgan fingerprint density at radius 3 is 2.38 bits per heavy atom. The molecule has 9 heteroatoms. The zero-order valence-electron chi connectivity index (χ0n) is 16.3. The van der Waals surface area contributed by atoms with E-state index < -0.39 is 15.3 Å². The van der Waals surface area contributed by atoms with Crippen LogP contribution in [-0.2, 0) is 19.6 Å². The molecule has 156 valence electrons. The lowest BCUT2D eigenvalue weighted by Gasteiger charge is -2.13. The van der Waals surface area contributed by atoms with Gasteiger partial charge in [-0.3, -0.25) is 9.59 Å². The lowest BCUT2D eigenvalue weighted by molar-refractivity contribution is -0.116. The van der Waals surface area contributed by atoms with E-state index in [4.69, 9.17) is 5.14 Å². The molecule has 0 fully saturated rings. The number of rotatable bonds is 9. The molecule has 7 nitrogen and oxygen atoms in total. The Kier molecular flexibility index (Phi) is 8.24. The van der Waals surface area contributed by atoms with E-state index in [1.165, 1.54) is 36.0 Å². The fraction of sp³-hybridized carbons (Fsp3) is 0.300. The van der Waals surface area contributed by atoms with Crippen LogP contribution in [0.2, 0.25) is 0 Å². The van der Waals surface area contributed by atoms with Gasteiger partial charge in [-0.2, -0.15) is 0 Å². The predicted molar refractivity (Wildman–Crippen MR) is 116 cm³/mol. The molecule has 0 aromatic heterocycles. The molecule has 0 saturated carbocycles. The molecule has 2 amide bonds. The van der Waals surface area contributed by atoms with Gasteiger partial charge in [0.2, 0.25) is 21.8 Å². The summed E-state index contributed by atoms with van der Waals surface area (Å²) in [6.07, 6.45) is 2.29. The summed E-state index contributed by atoms with van der Waals surface area (Å²) in [4.78, 5) is 25.1. The van der Waals surface area contributed by atoms with Crippen LogP contribution < -0.4 is 15.8 Å². The Morgan fingerprint density at radius 1 is 1.07 bits per heavy atom. The highest BCUT2D eigenvalue weighted by Crippen LogP contribution is 2.27. The maximum Gasteiger partial charge on any atom is 0.238 e.